The van der Waals surface area contributed by atoms with Gasteiger partial charge in [0.2, 0.25) is 0 Å². The first kappa shape index (κ1) is 18.3. The van der Waals surface area contributed by atoms with Gasteiger partial charge >= 0.3 is 0 Å². The molecule has 0 unspecified atom stereocenters. The lowest BCUT2D eigenvalue weighted by molar-refractivity contribution is 0.0783. The summed E-state index contributed by atoms with van der Waals surface area (Å²) in [5, 5.41) is 8.84. The van der Waals surface area contributed by atoms with Crippen molar-refractivity contribution < 1.29 is 4.79 Å². The second kappa shape index (κ2) is 6.95. The first-order valence-electron chi connectivity index (χ1n) is 10.5. The third-order valence-corrected chi connectivity index (χ3v) is 6.38. The number of carbonyl (C=O) groups is 1. The molecule has 6 nitrogen and oxygen atoms in total. The summed E-state index contributed by atoms with van der Waals surface area (Å²) in [4.78, 5) is 20.5. The average molecular weight is 390 g/mol. The van der Waals surface area contributed by atoms with Crippen LogP contribution in [0.5, 0.6) is 0 Å². The van der Waals surface area contributed by atoms with Crippen molar-refractivity contribution in [2.45, 2.75) is 26.8 Å². The van der Waals surface area contributed by atoms with E-state index in [-0.39, 0.29) is 11.9 Å². The number of pyridine rings is 1. The molecule has 2 aliphatic heterocycles. The molecule has 6 heteroatoms. The number of carbonyl (C=O) groups excluding carboxylic acids is 1. The van der Waals surface area contributed by atoms with E-state index in [2.05, 4.69) is 43.3 Å². The number of nitrogens with zero attached hydrogens (tertiary/aromatic N) is 4. The summed E-state index contributed by atoms with van der Waals surface area (Å²) in [6.07, 6.45) is 1.80. The highest BCUT2D eigenvalue weighted by Crippen LogP contribution is 2.32. The second-order valence-corrected chi connectivity index (χ2v) is 8.68. The molecular weight excluding hydrogens is 362 g/mol. The Labute approximate surface area is 170 Å². The molecule has 2 fully saturated rings. The van der Waals surface area contributed by atoms with Crippen LogP contribution in [0.25, 0.3) is 22.3 Å². The third-order valence-electron chi connectivity index (χ3n) is 6.38. The fourth-order valence-electron chi connectivity index (χ4n) is 4.76. The van der Waals surface area contributed by atoms with Crippen LogP contribution in [0.1, 0.15) is 35.8 Å². The molecule has 5 rings (SSSR count). The smallest absolute Gasteiger partial charge is 0.254 e. The number of amides is 1. The molecule has 2 aromatic heterocycles. The van der Waals surface area contributed by atoms with Crippen molar-refractivity contribution >= 4 is 16.9 Å². The summed E-state index contributed by atoms with van der Waals surface area (Å²) < 4.78 is 1.91. The molecule has 29 heavy (non-hydrogen) atoms. The maximum atomic E-state index is 13.6. The summed E-state index contributed by atoms with van der Waals surface area (Å²) in [6.45, 7) is 9.95. The van der Waals surface area contributed by atoms with E-state index in [1.54, 1.807) is 6.20 Å². The normalized spacial score (nSPS) is 21.3. The van der Waals surface area contributed by atoms with Gasteiger partial charge in [0.1, 0.15) is 0 Å². The topological polar surface area (TPSA) is 63.1 Å². The van der Waals surface area contributed by atoms with Gasteiger partial charge in [-0.2, -0.15) is 5.10 Å². The van der Waals surface area contributed by atoms with Gasteiger partial charge in [-0.05, 0) is 44.2 Å². The monoisotopic (exact) mass is 389 g/mol. The van der Waals surface area contributed by atoms with E-state index < -0.39 is 0 Å². The molecular formula is C23H27N5O. The predicted octanol–water partition coefficient (Wildman–Crippen LogP) is 3.28. The van der Waals surface area contributed by atoms with Crippen LogP contribution >= 0.6 is 0 Å². The fraction of sp³-hybridized carbons (Fsp3) is 0.435. The molecule has 4 heterocycles. The maximum absolute atomic E-state index is 13.6. The number of fused-ring (bicyclic) bond motifs is 2. The lowest BCUT2D eigenvalue weighted by Crippen LogP contribution is -2.32. The van der Waals surface area contributed by atoms with E-state index in [9.17, 15) is 4.79 Å². The molecule has 3 aromatic rings. The molecule has 0 spiro atoms. The highest BCUT2D eigenvalue weighted by Gasteiger charge is 2.38. The van der Waals surface area contributed by atoms with Crippen LogP contribution in [0.15, 0.2) is 36.5 Å². The summed E-state index contributed by atoms with van der Waals surface area (Å²) in [5.41, 5.74) is 4.54. The SMILES string of the molecule is Cc1ccccc1-c1cc(C(=O)N2C[C@H]3CNC[C@H]3C2)c2cnn(C(C)C)c2n1. The van der Waals surface area contributed by atoms with Crippen molar-refractivity contribution in [2.75, 3.05) is 26.2 Å². The minimum absolute atomic E-state index is 0.102. The third kappa shape index (κ3) is 3.02. The quantitative estimate of drug-likeness (QED) is 0.747. The van der Waals surface area contributed by atoms with Crippen LogP contribution in [0, 0.1) is 18.8 Å². The molecule has 1 amide bonds. The maximum Gasteiger partial charge on any atom is 0.254 e. The Morgan fingerprint density at radius 2 is 1.90 bits per heavy atom. The Kier molecular flexibility index (Phi) is 4.39. The number of likely N-dealkylation sites (tertiary alicyclic amines) is 1. The van der Waals surface area contributed by atoms with Crippen LogP contribution in [0.2, 0.25) is 0 Å². The molecule has 0 bridgehead atoms. The highest BCUT2D eigenvalue weighted by molar-refractivity contribution is 6.06. The minimum Gasteiger partial charge on any atom is -0.338 e. The van der Waals surface area contributed by atoms with Gasteiger partial charge in [0.25, 0.3) is 5.91 Å². The first-order chi connectivity index (χ1) is 14.0. The van der Waals surface area contributed by atoms with Crippen LogP contribution < -0.4 is 5.32 Å². The number of hydrogen-bond donors (Lipinski definition) is 1. The number of aromatic nitrogens is 3. The van der Waals surface area contributed by atoms with Crippen LogP contribution in [0.4, 0.5) is 0 Å². The molecule has 1 N–H and O–H groups in total. The molecule has 2 saturated heterocycles. The van der Waals surface area contributed by atoms with Gasteiger partial charge in [-0.3, -0.25) is 4.79 Å². The van der Waals surface area contributed by atoms with Crippen molar-refractivity contribution in [3.63, 3.8) is 0 Å². The number of nitrogens with one attached hydrogen (secondary N) is 1. The zero-order valence-electron chi connectivity index (χ0n) is 17.2. The second-order valence-electron chi connectivity index (χ2n) is 8.68. The number of benzene rings is 1. The molecule has 2 aliphatic rings. The molecule has 0 aliphatic carbocycles. The Bertz CT molecular complexity index is 1070. The molecule has 2 atom stereocenters. The molecule has 0 saturated carbocycles. The van der Waals surface area contributed by atoms with Crippen LogP contribution in [-0.2, 0) is 0 Å². The van der Waals surface area contributed by atoms with Gasteiger partial charge in [0.15, 0.2) is 5.65 Å². The van der Waals surface area contributed by atoms with Gasteiger partial charge in [-0.25, -0.2) is 9.67 Å². The highest BCUT2D eigenvalue weighted by atomic mass is 16.2. The van der Waals surface area contributed by atoms with E-state index >= 15 is 0 Å². The van der Waals surface area contributed by atoms with Crippen molar-refractivity contribution in [3.05, 3.63) is 47.7 Å². The fourth-order valence-corrected chi connectivity index (χ4v) is 4.76. The minimum atomic E-state index is 0.102. The number of rotatable bonds is 3. The van der Waals surface area contributed by atoms with Gasteiger partial charge in [-0.1, -0.05) is 24.3 Å². The lowest BCUT2D eigenvalue weighted by atomic mass is 10.0. The van der Waals surface area contributed by atoms with Crippen molar-refractivity contribution in [2.24, 2.45) is 11.8 Å². The van der Waals surface area contributed by atoms with Crippen molar-refractivity contribution in [1.82, 2.24) is 25.0 Å². The van der Waals surface area contributed by atoms with Crippen molar-refractivity contribution in [1.29, 1.82) is 0 Å². The number of hydrogen-bond acceptors (Lipinski definition) is 4. The van der Waals surface area contributed by atoms with Gasteiger partial charge in [0, 0.05) is 37.8 Å². The van der Waals surface area contributed by atoms with Crippen LogP contribution in [0.3, 0.4) is 0 Å². The van der Waals surface area contributed by atoms with Crippen LogP contribution in [-0.4, -0.2) is 51.8 Å². The molecule has 0 radical (unpaired) electrons. The molecule has 150 valence electrons. The average Bonchev–Trinajstić information content (AvgIpc) is 3.41. The predicted molar refractivity (Wildman–Crippen MR) is 114 cm³/mol. The zero-order chi connectivity index (χ0) is 20.1. The lowest BCUT2D eigenvalue weighted by Gasteiger charge is -2.19. The van der Waals surface area contributed by atoms with Gasteiger partial charge in [-0.15, -0.1) is 0 Å². The Morgan fingerprint density at radius 1 is 1.17 bits per heavy atom. The van der Waals surface area contributed by atoms with E-state index in [4.69, 9.17) is 4.98 Å². The van der Waals surface area contributed by atoms with E-state index in [0.717, 1.165) is 54.0 Å². The summed E-state index contributed by atoms with van der Waals surface area (Å²) in [7, 11) is 0. The summed E-state index contributed by atoms with van der Waals surface area (Å²) in [5.74, 6) is 1.25. The Morgan fingerprint density at radius 3 is 2.59 bits per heavy atom. The van der Waals surface area contributed by atoms with Gasteiger partial charge < -0.3 is 10.2 Å². The first-order valence-corrected chi connectivity index (χ1v) is 10.5. The summed E-state index contributed by atoms with van der Waals surface area (Å²) in [6, 6.07) is 10.3. The Hall–Kier alpha value is -2.73. The largest absolute Gasteiger partial charge is 0.338 e. The zero-order valence-corrected chi connectivity index (χ0v) is 17.2. The Balaban J connectivity index is 1.64. The standard InChI is InChI=1S/C23H27N5O/c1-14(2)28-22-20(11-25-28)19(8-21(26-22)18-7-5-4-6-15(18)3)23(29)27-12-16-9-24-10-17(16)13-27/h4-8,11,14,16-17,24H,9-10,12-13H2,1-3H3/t16-,17+. The molecule has 1 aromatic carbocycles. The summed E-state index contributed by atoms with van der Waals surface area (Å²) >= 11 is 0. The van der Waals surface area contributed by atoms with Gasteiger partial charge in [0.05, 0.1) is 22.8 Å². The number of aryl methyl sites for hydroxylation is 1. The van der Waals surface area contributed by atoms with Crippen molar-refractivity contribution in [3.8, 4) is 11.3 Å². The van der Waals surface area contributed by atoms with E-state index in [1.165, 1.54) is 0 Å². The van der Waals surface area contributed by atoms with E-state index in [0.29, 0.717) is 17.4 Å². The van der Waals surface area contributed by atoms with E-state index in [1.807, 2.05) is 27.8 Å².